The van der Waals surface area contributed by atoms with Crippen LogP contribution in [0.4, 0.5) is 5.82 Å². The highest BCUT2D eigenvalue weighted by Gasteiger charge is 2.39. The summed E-state index contributed by atoms with van der Waals surface area (Å²) in [5, 5.41) is 7.72. The van der Waals surface area contributed by atoms with Crippen molar-refractivity contribution in [3.05, 3.63) is 53.0 Å². The number of aromatic nitrogens is 2. The monoisotopic (exact) mass is 405 g/mol. The molecule has 1 atom stereocenters. The molecule has 2 aliphatic rings. The summed E-state index contributed by atoms with van der Waals surface area (Å²) >= 11 is 0. The van der Waals surface area contributed by atoms with Crippen LogP contribution in [0.2, 0.25) is 0 Å². The molecule has 0 radical (unpaired) electrons. The largest absolute Gasteiger partial charge is 0.442 e. The summed E-state index contributed by atoms with van der Waals surface area (Å²) in [7, 11) is 0. The van der Waals surface area contributed by atoms with E-state index in [4.69, 9.17) is 4.42 Å². The van der Waals surface area contributed by atoms with Gasteiger partial charge in [0.25, 0.3) is 5.91 Å². The predicted octanol–water partition coefficient (Wildman–Crippen LogP) is 3.59. The first-order chi connectivity index (χ1) is 14.4. The quantitative estimate of drug-likeness (QED) is 0.690. The number of carbonyl (C=O) groups is 1. The van der Waals surface area contributed by atoms with Crippen molar-refractivity contribution in [3.63, 3.8) is 0 Å². The van der Waals surface area contributed by atoms with Gasteiger partial charge in [0.2, 0.25) is 5.71 Å². The fourth-order valence-corrected chi connectivity index (χ4v) is 4.11. The van der Waals surface area contributed by atoms with Gasteiger partial charge in [0, 0.05) is 31.2 Å². The Balaban J connectivity index is 1.46. The van der Waals surface area contributed by atoms with Crippen LogP contribution in [0.5, 0.6) is 0 Å². The number of anilines is 1. The van der Waals surface area contributed by atoms with Gasteiger partial charge in [-0.1, -0.05) is 29.8 Å². The molecule has 3 aromatic rings. The average Bonchev–Trinajstić information content (AvgIpc) is 3.36. The molecule has 0 bridgehead atoms. The average molecular weight is 406 g/mol. The molecule has 3 heterocycles. The summed E-state index contributed by atoms with van der Waals surface area (Å²) in [6.07, 6.45) is 3.68. The number of nitrogens with zero attached hydrogens (tertiary/aromatic N) is 3. The lowest BCUT2D eigenvalue weighted by Gasteiger charge is -2.34. The van der Waals surface area contributed by atoms with Gasteiger partial charge in [0.1, 0.15) is 17.9 Å². The highest BCUT2D eigenvalue weighted by Crippen LogP contribution is 2.40. The molecule has 7 heteroatoms. The van der Waals surface area contributed by atoms with Gasteiger partial charge in [-0.25, -0.2) is 9.97 Å². The molecule has 1 aromatic carbocycles. The summed E-state index contributed by atoms with van der Waals surface area (Å²) in [5.41, 5.74) is 3.49. The van der Waals surface area contributed by atoms with E-state index < -0.39 is 0 Å². The Hall–Kier alpha value is -2.93. The maximum absolute atomic E-state index is 13.6. The van der Waals surface area contributed by atoms with E-state index in [-0.39, 0.29) is 17.5 Å². The zero-order chi connectivity index (χ0) is 20.9. The Bertz CT molecular complexity index is 1100. The minimum Gasteiger partial charge on any atom is -0.442 e. The lowest BCUT2D eigenvalue weighted by molar-refractivity contribution is 0.0703. The van der Waals surface area contributed by atoms with Crippen molar-refractivity contribution < 1.29 is 9.21 Å². The van der Waals surface area contributed by atoms with E-state index in [2.05, 4.69) is 58.7 Å². The molecule has 0 spiro atoms. The Morgan fingerprint density at radius 2 is 2.00 bits per heavy atom. The number of piperazine rings is 1. The predicted molar refractivity (Wildman–Crippen MR) is 116 cm³/mol. The van der Waals surface area contributed by atoms with Crippen molar-refractivity contribution in [1.82, 2.24) is 20.2 Å². The molecular formula is C23H27N5O2. The van der Waals surface area contributed by atoms with E-state index in [1.54, 1.807) is 0 Å². The van der Waals surface area contributed by atoms with E-state index in [1.807, 2.05) is 11.8 Å². The first kappa shape index (κ1) is 19.1. The highest BCUT2D eigenvalue weighted by molar-refractivity contribution is 6.10. The number of carbonyl (C=O) groups excluding carboxylic acids is 1. The summed E-state index contributed by atoms with van der Waals surface area (Å²) in [5.74, 6) is 1.25. The second-order valence-electron chi connectivity index (χ2n) is 8.79. The second kappa shape index (κ2) is 7.09. The van der Waals surface area contributed by atoms with Crippen LogP contribution < -0.4 is 10.6 Å². The van der Waals surface area contributed by atoms with Crippen molar-refractivity contribution in [2.45, 2.75) is 45.2 Å². The Morgan fingerprint density at radius 1 is 1.23 bits per heavy atom. The lowest BCUT2D eigenvalue weighted by Crippen LogP contribution is -2.48. The first-order valence-electron chi connectivity index (χ1n) is 10.5. The SMILES string of the molecule is Cc1ccc(C2CN(C(=O)c3c(C)oc4ncnc(NC5(C)CC5)c34)CCN2)cc1. The lowest BCUT2D eigenvalue weighted by atomic mass is 10.0. The third-order valence-electron chi connectivity index (χ3n) is 6.24. The number of fused-ring (bicyclic) bond motifs is 1. The van der Waals surface area contributed by atoms with Crippen LogP contribution in [0.3, 0.4) is 0 Å². The fourth-order valence-electron chi connectivity index (χ4n) is 4.11. The van der Waals surface area contributed by atoms with Crippen LogP contribution in [0.15, 0.2) is 35.0 Å². The molecule has 156 valence electrons. The Morgan fingerprint density at radius 3 is 2.73 bits per heavy atom. The van der Waals surface area contributed by atoms with E-state index in [9.17, 15) is 4.79 Å². The second-order valence-corrected chi connectivity index (χ2v) is 8.79. The highest BCUT2D eigenvalue weighted by atomic mass is 16.3. The number of amides is 1. The standard InChI is InChI=1S/C23H27N5O2/c1-14-4-6-16(7-5-14)17-12-28(11-10-24-17)22(29)18-15(2)30-21-19(18)20(25-13-26-21)27-23(3)8-9-23/h4-7,13,17,24H,8-12H2,1-3H3,(H,25,26,27). The normalized spacial score (nSPS) is 20.4. The molecule has 5 rings (SSSR count). The topological polar surface area (TPSA) is 83.3 Å². The smallest absolute Gasteiger partial charge is 0.258 e. The van der Waals surface area contributed by atoms with Crippen LogP contribution in [0.1, 0.15) is 53.1 Å². The van der Waals surface area contributed by atoms with Gasteiger partial charge in [-0.3, -0.25) is 4.79 Å². The molecule has 1 amide bonds. The fraction of sp³-hybridized carbons (Fsp3) is 0.435. The van der Waals surface area contributed by atoms with Crippen LogP contribution in [0, 0.1) is 13.8 Å². The van der Waals surface area contributed by atoms with E-state index >= 15 is 0 Å². The molecule has 1 unspecified atom stereocenters. The third kappa shape index (κ3) is 3.43. The number of hydrogen-bond acceptors (Lipinski definition) is 6. The molecule has 1 aliphatic carbocycles. The molecule has 7 nitrogen and oxygen atoms in total. The molecule has 1 saturated heterocycles. The number of hydrogen-bond donors (Lipinski definition) is 2. The third-order valence-corrected chi connectivity index (χ3v) is 6.24. The van der Waals surface area contributed by atoms with Gasteiger partial charge >= 0.3 is 0 Å². The van der Waals surface area contributed by atoms with Crippen molar-refractivity contribution in [2.24, 2.45) is 0 Å². The van der Waals surface area contributed by atoms with E-state index in [1.165, 1.54) is 17.5 Å². The van der Waals surface area contributed by atoms with E-state index in [0.717, 1.165) is 19.4 Å². The first-order valence-corrected chi connectivity index (χ1v) is 10.5. The van der Waals surface area contributed by atoms with Crippen LogP contribution in [0.25, 0.3) is 11.1 Å². The molecule has 1 aliphatic heterocycles. The molecular weight excluding hydrogens is 378 g/mol. The van der Waals surface area contributed by atoms with Gasteiger partial charge in [0.05, 0.1) is 10.9 Å². The molecule has 2 fully saturated rings. The zero-order valence-electron chi connectivity index (χ0n) is 17.7. The summed E-state index contributed by atoms with van der Waals surface area (Å²) in [6, 6.07) is 8.59. The maximum Gasteiger partial charge on any atom is 0.258 e. The van der Waals surface area contributed by atoms with Gasteiger partial charge in [-0.2, -0.15) is 0 Å². The molecule has 1 saturated carbocycles. The molecule has 2 aromatic heterocycles. The van der Waals surface area contributed by atoms with Gasteiger partial charge in [-0.15, -0.1) is 0 Å². The summed E-state index contributed by atoms with van der Waals surface area (Å²) < 4.78 is 5.86. The Kier molecular flexibility index (Phi) is 4.50. The van der Waals surface area contributed by atoms with Crippen molar-refractivity contribution >= 4 is 22.8 Å². The van der Waals surface area contributed by atoms with Crippen LogP contribution >= 0.6 is 0 Å². The summed E-state index contributed by atoms with van der Waals surface area (Å²) in [6.45, 7) is 8.09. The summed E-state index contributed by atoms with van der Waals surface area (Å²) in [4.78, 5) is 24.2. The van der Waals surface area contributed by atoms with Gasteiger partial charge < -0.3 is 20.0 Å². The van der Waals surface area contributed by atoms with Crippen molar-refractivity contribution in [1.29, 1.82) is 0 Å². The van der Waals surface area contributed by atoms with E-state index in [0.29, 0.717) is 41.3 Å². The Labute approximate surface area is 175 Å². The van der Waals surface area contributed by atoms with Gasteiger partial charge in [0.15, 0.2) is 0 Å². The number of aryl methyl sites for hydroxylation is 2. The van der Waals surface area contributed by atoms with Crippen LogP contribution in [-0.4, -0.2) is 45.9 Å². The number of benzene rings is 1. The van der Waals surface area contributed by atoms with Crippen molar-refractivity contribution in [2.75, 3.05) is 25.0 Å². The molecule has 30 heavy (non-hydrogen) atoms. The molecule has 2 N–H and O–H groups in total. The van der Waals surface area contributed by atoms with Gasteiger partial charge in [-0.05, 0) is 39.2 Å². The van der Waals surface area contributed by atoms with Crippen LogP contribution in [-0.2, 0) is 0 Å². The zero-order valence-corrected chi connectivity index (χ0v) is 17.7. The minimum atomic E-state index is -0.0244. The minimum absolute atomic E-state index is 0.0244. The van der Waals surface area contributed by atoms with Crippen molar-refractivity contribution in [3.8, 4) is 0 Å². The maximum atomic E-state index is 13.6. The number of nitrogens with one attached hydrogen (secondary N) is 2. The number of furan rings is 1. The number of rotatable bonds is 4.